The Morgan fingerprint density at radius 1 is 1.00 bits per heavy atom. The standard InChI is InChI=1S/C25H27N3O6S2/c29-23(28(14-18-4-2-10-35-18)15-19-5-3-11-36-19)6-1-9-26-25(32)27-20(13-24(30)31)17-7-8-21-22(12-17)34-16-33-21/h2-5,7-8,10-12,20H,1,6,9,13-16H2,(H,30,31)(H2,26,27,32)/t20-/m0/s1. The van der Waals surface area contributed by atoms with E-state index in [9.17, 15) is 19.5 Å². The first-order chi connectivity index (χ1) is 17.5. The summed E-state index contributed by atoms with van der Waals surface area (Å²) in [6.07, 6.45) is 0.467. The minimum Gasteiger partial charge on any atom is -0.481 e. The van der Waals surface area contributed by atoms with E-state index in [-0.39, 0.29) is 32.1 Å². The number of nitrogens with zero attached hydrogens (tertiary/aromatic N) is 1. The zero-order valence-corrected chi connectivity index (χ0v) is 21.1. The summed E-state index contributed by atoms with van der Waals surface area (Å²) in [6.45, 7) is 1.49. The second-order valence-electron chi connectivity index (χ2n) is 8.18. The second-order valence-corrected chi connectivity index (χ2v) is 10.2. The number of carbonyl (C=O) groups excluding carboxylic acids is 2. The summed E-state index contributed by atoms with van der Waals surface area (Å²) in [5, 5.41) is 18.7. The first kappa shape index (κ1) is 25.5. The number of carboxylic acid groups (broad SMARTS) is 1. The third-order valence-electron chi connectivity index (χ3n) is 5.54. The van der Waals surface area contributed by atoms with Gasteiger partial charge in [-0.25, -0.2) is 4.79 Å². The van der Waals surface area contributed by atoms with E-state index in [2.05, 4.69) is 10.6 Å². The lowest BCUT2D eigenvalue weighted by molar-refractivity contribution is -0.137. The number of hydrogen-bond donors (Lipinski definition) is 3. The molecule has 0 unspecified atom stereocenters. The largest absolute Gasteiger partial charge is 0.481 e. The summed E-state index contributed by atoms with van der Waals surface area (Å²) in [7, 11) is 0. The molecule has 3 N–H and O–H groups in total. The van der Waals surface area contributed by atoms with Gasteiger partial charge in [0.25, 0.3) is 0 Å². The van der Waals surface area contributed by atoms with E-state index in [1.54, 1.807) is 40.9 Å². The minimum atomic E-state index is -1.04. The molecule has 36 heavy (non-hydrogen) atoms. The van der Waals surface area contributed by atoms with Crippen molar-refractivity contribution >= 4 is 40.6 Å². The zero-order valence-electron chi connectivity index (χ0n) is 19.5. The van der Waals surface area contributed by atoms with E-state index >= 15 is 0 Å². The number of ether oxygens (including phenoxy) is 2. The molecule has 0 saturated heterocycles. The lowest BCUT2D eigenvalue weighted by Crippen LogP contribution is -2.39. The molecule has 2 aromatic heterocycles. The molecule has 0 aliphatic carbocycles. The molecule has 0 fully saturated rings. The Bertz CT molecular complexity index is 1130. The molecule has 3 amide bonds. The average Bonchev–Trinajstić information content (AvgIpc) is 3.63. The van der Waals surface area contributed by atoms with E-state index < -0.39 is 18.0 Å². The Kier molecular flexibility index (Phi) is 8.80. The summed E-state index contributed by atoms with van der Waals surface area (Å²) in [4.78, 5) is 40.8. The summed E-state index contributed by atoms with van der Waals surface area (Å²) in [5.41, 5.74) is 0.602. The number of carbonyl (C=O) groups is 3. The molecule has 1 aliphatic rings. The molecule has 9 nitrogen and oxygen atoms in total. The molecule has 4 rings (SSSR count). The Morgan fingerprint density at radius 2 is 1.69 bits per heavy atom. The monoisotopic (exact) mass is 529 g/mol. The predicted octanol–water partition coefficient (Wildman–Crippen LogP) is 4.36. The van der Waals surface area contributed by atoms with Crippen LogP contribution in [0.15, 0.2) is 53.2 Å². The lowest BCUT2D eigenvalue weighted by Gasteiger charge is -2.22. The van der Waals surface area contributed by atoms with E-state index in [4.69, 9.17) is 9.47 Å². The highest BCUT2D eigenvalue weighted by Crippen LogP contribution is 2.34. The molecule has 3 aromatic rings. The number of benzene rings is 1. The van der Waals surface area contributed by atoms with Crippen LogP contribution in [0.5, 0.6) is 11.5 Å². The molecular formula is C25H27N3O6S2. The van der Waals surface area contributed by atoms with Gasteiger partial charge in [0.15, 0.2) is 11.5 Å². The fraction of sp³-hybridized carbons (Fsp3) is 0.320. The van der Waals surface area contributed by atoms with Crippen molar-refractivity contribution in [3.8, 4) is 11.5 Å². The Hall–Kier alpha value is -3.57. The predicted molar refractivity (Wildman–Crippen MR) is 136 cm³/mol. The van der Waals surface area contributed by atoms with Gasteiger partial charge >= 0.3 is 12.0 Å². The number of carboxylic acids is 1. The van der Waals surface area contributed by atoms with Crippen molar-refractivity contribution in [3.05, 3.63) is 68.5 Å². The zero-order chi connectivity index (χ0) is 25.3. The van der Waals surface area contributed by atoms with Crippen LogP contribution in [0, 0.1) is 0 Å². The van der Waals surface area contributed by atoms with Crippen LogP contribution in [0.1, 0.15) is 40.6 Å². The molecule has 1 aromatic carbocycles. The minimum absolute atomic E-state index is 0.0168. The highest BCUT2D eigenvalue weighted by Gasteiger charge is 2.22. The van der Waals surface area contributed by atoms with E-state index in [1.165, 1.54) is 0 Å². The summed E-state index contributed by atoms with van der Waals surface area (Å²) in [5.74, 6) is 0.0654. The van der Waals surface area contributed by atoms with E-state index in [0.717, 1.165) is 9.75 Å². The van der Waals surface area contributed by atoms with Crippen molar-refractivity contribution in [1.82, 2.24) is 15.5 Å². The first-order valence-electron chi connectivity index (χ1n) is 11.5. The van der Waals surface area contributed by atoms with E-state index in [0.29, 0.717) is 36.6 Å². The number of rotatable bonds is 12. The molecule has 0 radical (unpaired) electrons. The molecule has 3 heterocycles. The topological polar surface area (TPSA) is 117 Å². The SMILES string of the molecule is O=C(O)C[C@H](NC(=O)NCCCC(=O)N(Cc1cccs1)Cc1cccs1)c1ccc2c(c1)OCO2. The van der Waals surface area contributed by atoms with Gasteiger partial charge in [-0.1, -0.05) is 18.2 Å². The normalized spacial score (nSPS) is 12.7. The van der Waals surface area contributed by atoms with Crippen LogP contribution in [0.25, 0.3) is 0 Å². The quantitative estimate of drug-likeness (QED) is 0.300. The number of nitrogens with one attached hydrogen (secondary N) is 2. The van der Waals surface area contributed by atoms with Gasteiger partial charge < -0.3 is 30.1 Å². The van der Waals surface area contributed by atoms with Gasteiger partial charge in [0, 0.05) is 22.7 Å². The molecule has 0 bridgehead atoms. The Morgan fingerprint density at radius 3 is 2.33 bits per heavy atom. The Balaban J connectivity index is 1.26. The number of thiophene rings is 2. The van der Waals surface area contributed by atoms with Gasteiger partial charge in [-0.05, 0) is 47.0 Å². The highest BCUT2D eigenvalue weighted by atomic mass is 32.1. The van der Waals surface area contributed by atoms with Gasteiger partial charge in [0.2, 0.25) is 12.7 Å². The summed E-state index contributed by atoms with van der Waals surface area (Å²) >= 11 is 3.23. The van der Waals surface area contributed by atoms with Crippen molar-refractivity contribution in [2.45, 2.75) is 38.4 Å². The maximum Gasteiger partial charge on any atom is 0.315 e. The van der Waals surface area contributed by atoms with Gasteiger partial charge in [-0.15, -0.1) is 22.7 Å². The Labute approximate surface area is 216 Å². The number of hydrogen-bond acceptors (Lipinski definition) is 7. The smallest absolute Gasteiger partial charge is 0.315 e. The summed E-state index contributed by atoms with van der Waals surface area (Å²) < 4.78 is 10.6. The molecule has 11 heteroatoms. The van der Waals surface area contributed by atoms with Gasteiger partial charge in [-0.3, -0.25) is 9.59 Å². The maximum atomic E-state index is 12.9. The van der Waals surface area contributed by atoms with Crippen LogP contribution < -0.4 is 20.1 Å². The van der Waals surface area contributed by atoms with Crippen LogP contribution in [0.4, 0.5) is 4.79 Å². The highest BCUT2D eigenvalue weighted by molar-refractivity contribution is 7.10. The number of urea groups is 1. The maximum absolute atomic E-state index is 12.9. The third kappa shape index (κ3) is 7.22. The second kappa shape index (κ2) is 12.4. The first-order valence-corrected chi connectivity index (χ1v) is 13.2. The molecule has 1 aliphatic heterocycles. The average molecular weight is 530 g/mol. The van der Waals surface area contributed by atoms with Crippen LogP contribution in [-0.2, 0) is 22.7 Å². The summed E-state index contributed by atoms with van der Waals surface area (Å²) in [6, 6.07) is 11.8. The van der Waals surface area contributed by atoms with E-state index in [1.807, 2.05) is 39.9 Å². The van der Waals surface area contributed by atoms with Crippen molar-refractivity contribution in [2.24, 2.45) is 0 Å². The fourth-order valence-corrected chi connectivity index (χ4v) is 5.22. The van der Waals surface area contributed by atoms with Gasteiger partial charge in [-0.2, -0.15) is 0 Å². The van der Waals surface area contributed by atoms with Crippen LogP contribution in [0.3, 0.4) is 0 Å². The van der Waals surface area contributed by atoms with Crippen LogP contribution in [-0.4, -0.2) is 41.3 Å². The van der Waals surface area contributed by atoms with Gasteiger partial charge in [0.1, 0.15) is 0 Å². The van der Waals surface area contributed by atoms with Crippen LogP contribution >= 0.6 is 22.7 Å². The van der Waals surface area contributed by atoms with Crippen molar-refractivity contribution in [3.63, 3.8) is 0 Å². The number of fused-ring (bicyclic) bond motifs is 1. The number of amides is 3. The molecule has 0 saturated carbocycles. The van der Waals surface area contributed by atoms with Crippen LogP contribution in [0.2, 0.25) is 0 Å². The molecule has 1 atom stereocenters. The molecule has 0 spiro atoms. The van der Waals surface area contributed by atoms with Gasteiger partial charge in [0.05, 0.1) is 25.6 Å². The molecule has 190 valence electrons. The van der Waals surface area contributed by atoms with Crippen molar-refractivity contribution in [2.75, 3.05) is 13.3 Å². The number of aliphatic carboxylic acids is 1. The lowest BCUT2D eigenvalue weighted by atomic mass is 10.0. The van der Waals surface area contributed by atoms with Crippen molar-refractivity contribution < 1.29 is 29.0 Å². The third-order valence-corrected chi connectivity index (χ3v) is 7.26. The molecular weight excluding hydrogens is 502 g/mol. The van der Waals surface area contributed by atoms with Crippen molar-refractivity contribution in [1.29, 1.82) is 0 Å². The fourth-order valence-electron chi connectivity index (χ4n) is 3.78.